The zero-order valence-electron chi connectivity index (χ0n) is 9.21. The molecule has 0 unspecified atom stereocenters. The first-order valence-corrected chi connectivity index (χ1v) is 6.01. The van der Waals surface area contributed by atoms with Gasteiger partial charge in [-0.15, -0.1) is 0 Å². The van der Waals surface area contributed by atoms with Gasteiger partial charge in [-0.3, -0.25) is 0 Å². The fraction of sp³-hybridized carbons (Fsp3) is 0.0909. The molecule has 0 radical (unpaired) electrons. The Kier molecular flexibility index (Phi) is 3.69. The van der Waals surface area contributed by atoms with E-state index in [1.54, 1.807) is 31.4 Å². The summed E-state index contributed by atoms with van der Waals surface area (Å²) < 4.78 is 10.4. The van der Waals surface area contributed by atoms with Gasteiger partial charge in [0.1, 0.15) is 11.5 Å². The number of aromatic nitrogens is 1. The van der Waals surface area contributed by atoms with Crippen LogP contribution < -0.4 is 9.47 Å². The fourth-order valence-corrected chi connectivity index (χ4v) is 2.19. The number of hydrogen-bond acceptors (Lipinski definition) is 5. The lowest BCUT2D eigenvalue weighted by Gasteiger charge is -2.02. The average Bonchev–Trinajstić information content (AvgIpc) is 2.71. The Hall–Kier alpha value is -1.79. The van der Waals surface area contributed by atoms with E-state index < -0.39 is 5.97 Å². The molecule has 0 aliphatic heterocycles. The van der Waals surface area contributed by atoms with Crippen molar-refractivity contribution in [2.24, 2.45) is 0 Å². The lowest BCUT2D eigenvalue weighted by molar-refractivity contribution is 0.0702. The van der Waals surface area contributed by atoms with E-state index in [9.17, 15) is 4.79 Å². The zero-order chi connectivity index (χ0) is 13.1. The van der Waals surface area contributed by atoms with Crippen LogP contribution in [-0.2, 0) is 0 Å². The highest BCUT2D eigenvalue weighted by molar-refractivity contribution is 7.15. The van der Waals surface area contributed by atoms with Crippen LogP contribution in [0, 0.1) is 0 Å². The van der Waals surface area contributed by atoms with Gasteiger partial charge in [0, 0.05) is 0 Å². The van der Waals surface area contributed by atoms with Crippen LogP contribution >= 0.6 is 22.9 Å². The summed E-state index contributed by atoms with van der Waals surface area (Å²) in [7, 11) is 1.57. The van der Waals surface area contributed by atoms with Crippen molar-refractivity contribution in [3.8, 4) is 16.7 Å². The fourth-order valence-electron chi connectivity index (χ4n) is 1.20. The minimum absolute atomic E-state index is 0.0415. The van der Waals surface area contributed by atoms with Crippen molar-refractivity contribution in [2.75, 3.05) is 7.11 Å². The molecular weight excluding hydrogens is 278 g/mol. The van der Waals surface area contributed by atoms with Crippen LogP contribution in [0.25, 0.3) is 0 Å². The van der Waals surface area contributed by atoms with Crippen molar-refractivity contribution in [1.29, 1.82) is 0 Å². The molecule has 1 heterocycles. The van der Waals surface area contributed by atoms with Gasteiger partial charge in [0.25, 0.3) is 5.19 Å². The summed E-state index contributed by atoms with van der Waals surface area (Å²) in [5.74, 6) is 0.103. The maximum Gasteiger partial charge on any atom is 0.349 e. The van der Waals surface area contributed by atoms with Crippen LogP contribution in [-0.4, -0.2) is 23.2 Å². The molecule has 0 bridgehead atoms. The van der Waals surface area contributed by atoms with Crippen molar-refractivity contribution in [1.82, 2.24) is 4.98 Å². The summed E-state index contributed by atoms with van der Waals surface area (Å²) in [5.41, 5.74) is 0. The molecule has 0 saturated heterocycles. The lowest BCUT2D eigenvalue weighted by atomic mass is 10.3. The summed E-state index contributed by atoms with van der Waals surface area (Å²) in [6, 6.07) is 6.83. The predicted octanol–water partition coefficient (Wildman–Crippen LogP) is 3.30. The Morgan fingerprint density at radius 1 is 1.33 bits per heavy atom. The third-order valence-corrected chi connectivity index (χ3v) is 3.33. The van der Waals surface area contributed by atoms with E-state index in [2.05, 4.69) is 4.98 Å². The number of methoxy groups -OCH3 is 1. The van der Waals surface area contributed by atoms with E-state index in [-0.39, 0.29) is 15.2 Å². The number of ether oxygens (including phenoxy) is 2. The second-order valence-electron chi connectivity index (χ2n) is 3.18. The zero-order valence-corrected chi connectivity index (χ0v) is 10.8. The van der Waals surface area contributed by atoms with Crippen LogP contribution in [0.5, 0.6) is 16.7 Å². The van der Waals surface area contributed by atoms with E-state index >= 15 is 0 Å². The van der Waals surface area contributed by atoms with Gasteiger partial charge < -0.3 is 14.6 Å². The van der Waals surface area contributed by atoms with Crippen molar-refractivity contribution in [2.45, 2.75) is 0 Å². The average molecular weight is 286 g/mol. The van der Waals surface area contributed by atoms with E-state index in [0.717, 1.165) is 11.3 Å². The number of carboxylic acids is 1. The smallest absolute Gasteiger partial charge is 0.349 e. The molecule has 2 rings (SSSR count). The van der Waals surface area contributed by atoms with E-state index in [1.165, 1.54) is 0 Å². The molecule has 18 heavy (non-hydrogen) atoms. The molecule has 0 fully saturated rings. The molecule has 0 atom stereocenters. The van der Waals surface area contributed by atoms with E-state index in [0.29, 0.717) is 11.5 Å². The van der Waals surface area contributed by atoms with E-state index in [4.69, 9.17) is 26.2 Å². The molecule has 0 amide bonds. The van der Waals surface area contributed by atoms with Gasteiger partial charge in [-0.1, -0.05) is 22.9 Å². The van der Waals surface area contributed by atoms with Gasteiger partial charge in [0.05, 0.1) is 7.11 Å². The molecule has 1 N–H and O–H groups in total. The minimum Gasteiger partial charge on any atom is -0.497 e. The summed E-state index contributed by atoms with van der Waals surface area (Å²) in [6.45, 7) is 0. The van der Waals surface area contributed by atoms with Crippen LogP contribution in [0.2, 0.25) is 5.15 Å². The van der Waals surface area contributed by atoms with Crippen LogP contribution in [0.1, 0.15) is 9.67 Å². The highest BCUT2D eigenvalue weighted by Gasteiger charge is 2.16. The Labute approximate surface area is 112 Å². The highest BCUT2D eigenvalue weighted by Crippen LogP contribution is 2.32. The monoisotopic (exact) mass is 285 g/mol. The standard InChI is InChI=1S/C11H8ClNO4S/c1-16-6-2-4-7(5-3-6)17-11-13-9(12)8(18-11)10(14)15/h2-5H,1H3,(H,14,15). The van der Waals surface area contributed by atoms with Crippen molar-refractivity contribution in [3.63, 3.8) is 0 Å². The van der Waals surface area contributed by atoms with Gasteiger partial charge >= 0.3 is 5.97 Å². The van der Waals surface area contributed by atoms with Gasteiger partial charge in [-0.05, 0) is 24.3 Å². The number of halogens is 1. The Balaban J connectivity index is 2.18. The van der Waals surface area contributed by atoms with Crippen molar-refractivity contribution in [3.05, 3.63) is 34.3 Å². The second kappa shape index (κ2) is 5.24. The molecule has 0 spiro atoms. The SMILES string of the molecule is COc1ccc(Oc2nc(Cl)c(C(=O)O)s2)cc1. The first-order valence-electron chi connectivity index (χ1n) is 4.81. The summed E-state index contributed by atoms with van der Waals surface area (Å²) in [4.78, 5) is 14.6. The minimum atomic E-state index is -1.12. The Morgan fingerprint density at radius 3 is 2.44 bits per heavy atom. The number of thiazole rings is 1. The Bertz CT molecular complexity index is 567. The largest absolute Gasteiger partial charge is 0.497 e. The van der Waals surface area contributed by atoms with Gasteiger partial charge in [-0.25, -0.2) is 4.79 Å². The molecule has 1 aromatic heterocycles. The number of rotatable bonds is 4. The van der Waals surface area contributed by atoms with Gasteiger partial charge in [0.2, 0.25) is 0 Å². The van der Waals surface area contributed by atoms with Gasteiger partial charge in [0.15, 0.2) is 10.0 Å². The van der Waals surface area contributed by atoms with Crippen molar-refractivity contribution < 1.29 is 19.4 Å². The normalized spacial score (nSPS) is 10.1. The summed E-state index contributed by atoms with van der Waals surface area (Å²) in [5, 5.41) is 8.94. The first kappa shape index (κ1) is 12.7. The third-order valence-electron chi connectivity index (χ3n) is 2.03. The number of benzene rings is 1. The maximum atomic E-state index is 10.8. The molecule has 0 aliphatic rings. The molecule has 7 heteroatoms. The maximum absolute atomic E-state index is 10.8. The predicted molar refractivity (Wildman–Crippen MR) is 67.2 cm³/mol. The van der Waals surface area contributed by atoms with Crippen molar-refractivity contribution >= 4 is 28.9 Å². The molecule has 94 valence electrons. The molecule has 0 aliphatic carbocycles. The molecule has 1 aromatic carbocycles. The topological polar surface area (TPSA) is 68.7 Å². The number of hydrogen-bond donors (Lipinski definition) is 1. The van der Waals surface area contributed by atoms with Crippen LogP contribution in [0.3, 0.4) is 0 Å². The highest BCUT2D eigenvalue weighted by atomic mass is 35.5. The van der Waals surface area contributed by atoms with E-state index in [1.807, 2.05) is 0 Å². The quantitative estimate of drug-likeness (QED) is 0.933. The van der Waals surface area contributed by atoms with Crippen LogP contribution in [0.4, 0.5) is 0 Å². The molecule has 2 aromatic rings. The Morgan fingerprint density at radius 2 is 1.94 bits per heavy atom. The molecule has 0 saturated carbocycles. The second-order valence-corrected chi connectivity index (χ2v) is 4.50. The number of aromatic carboxylic acids is 1. The van der Waals surface area contributed by atoms with Gasteiger partial charge in [-0.2, -0.15) is 4.98 Å². The van der Waals surface area contributed by atoms with Crippen LogP contribution in [0.15, 0.2) is 24.3 Å². The number of nitrogens with zero attached hydrogens (tertiary/aromatic N) is 1. The number of carbonyl (C=O) groups is 1. The number of carboxylic acid groups (broad SMARTS) is 1. The molecule has 5 nitrogen and oxygen atoms in total. The first-order chi connectivity index (χ1) is 8.60. The summed E-state index contributed by atoms with van der Waals surface area (Å²) >= 11 is 6.55. The third kappa shape index (κ3) is 2.72. The lowest BCUT2D eigenvalue weighted by Crippen LogP contribution is -1.91. The molecular formula is C11H8ClNO4S. The summed E-state index contributed by atoms with van der Waals surface area (Å²) in [6.07, 6.45) is 0.